The number of hydrogen-bond acceptors (Lipinski definition) is 7. The number of amides is 1. The first-order valence-electron chi connectivity index (χ1n) is 11.6. The molecule has 1 unspecified atom stereocenters. The van der Waals surface area contributed by atoms with Gasteiger partial charge in [-0.05, 0) is 93.7 Å². The highest BCUT2D eigenvalue weighted by Gasteiger charge is 2.17. The van der Waals surface area contributed by atoms with E-state index in [0.29, 0.717) is 22.4 Å². The summed E-state index contributed by atoms with van der Waals surface area (Å²) in [5, 5.41) is 9.84. The highest BCUT2D eigenvalue weighted by Crippen LogP contribution is 2.31. The van der Waals surface area contributed by atoms with Crippen molar-refractivity contribution in [3.8, 4) is 5.75 Å². The lowest BCUT2D eigenvalue weighted by Gasteiger charge is -2.13. The fraction of sp³-hybridized carbons (Fsp3) is 0.185. The topological polar surface area (TPSA) is 92.3 Å². The molecule has 1 amide bonds. The number of fused-ring (bicyclic) bond motifs is 1. The van der Waals surface area contributed by atoms with Crippen molar-refractivity contribution in [1.82, 2.24) is 4.98 Å². The number of Topliss-reactive ketones (excluding diaryl/α,β-unsaturated/α-hetero) is 1. The predicted octanol–water partition coefficient (Wildman–Crippen LogP) is 6.83. The summed E-state index contributed by atoms with van der Waals surface area (Å²) in [6.45, 7) is 5.93. The Morgan fingerprint density at radius 3 is 2.51 bits per heavy atom. The van der Waals surface area contributed by atoms with E-state index in [9.17, 15) is 9.59 Å². The second kappa shape index (κ2) is 12.2. The van der Waals surface area contributed by atoms with Gasteiger partial charge in [0.2, 0.25) is 5.91 Å². The minimum Gasteiger partial charge on any atom is -0.494 e. The molecule has 3 N–H and O–H groups in total. The number of rotatable bonds is 9. The van der Waals surface area contributed by atoms with Gasteiger partial charge in [0, 0.05) is 21.8 Å². The van der Waals surface area contributed by atoms with E-state index in [4.69, 9.17) is 17.0 Å². The molecular weight excluding hydrogens is 525 g/mol. The van der Waals surface area contributed by atoms with Crippen LogP contribution in [0.4, 0.5) is 16.5 Å². The third kappa shape index (κ3) is 7.28. The van der Waals surface area contributed by atoms with Crippen molar-refractivity contribution in [2.75, 3.05) is 22.6 Å². The molecule has 0 bridgehead atoms. The number of carbonyl (C=O) groups excluding carboxylic acids is 2. The fourth-order valence-corrected chi connectivity index (χ4v) is 5.47. The first-order valence-corrected chi connectivity index (χ1v) is 13.7. The van der Waals surface area contributed by atoms with Crippen LogP contribution in [-0.4, -0.2) is 33.6 Å². The van der Waals surface area contributed by atoms with Gasteiger partial charge in [0.15, 0.2) is 16.0 Å². The van der Waals surface area contributed by atoms with E-state index >= 15 is 0 Å². The molecule has 0 saturated carbocycles. The molecule has 190 valence electrons. The lowest BCUT2D eigenvalue weighted by Crippen LogP contribution is -2.22. The maximum absolute atomic E-state index is 12.8. The van der Waals surface area contributed by atoms with Crippen LogP contribution in [-0.2, 0) is 4.79 Å². The Morgan fingerprint density at radius 2 is 1.78 bits per heavy atom. The maximum Gasteiger partial charge on any atom is 0.239 e. The van der Waals surface area contributed by atoms with Gasteiger partial charge in [-0.1, -0.05) is 17.4 Å². The Labute approximate surface area is 229 Å². The normalized spacial score (nSPS) is 11.5. The second-order valence-electron chi connectivity index (χ2n) is 8.07. The molecule has 7 nitrogen and oxygen atoms in total. The zero-order chi connectivity index (χ0) is 26.4. The quantitative estimate of drug-likeness (QED) is 0.119. The molecule has 10 heteroatoms. The van der Waals surface area contributed by atoms with E-state index in [0.717, 1.165) is 32.2 Å². The maximum atomic E-state index is 12.8. The molecule has 1 aromatic heterocycles. The molecule has 0 fully saturated rings. The molecule has 3 aromatic carbocycles. The summed E-state index contributed by atoms with van der Waals surface area (Å²) < 4.78 is 6.50. The Hall–Kier alpha value is -3.47. The number of aromatic nitrogens is 1. The lowest BCUT2D eigenvalue weighted by atomic mass is 10.1. The van der Waals surface area contributed by atoms with Crippen LogP contribution in [0, 0.1) is 0 Å². The number of nitrogens with zero attached hydrogens (tertiary/aromatic N) is 1. The number of anilines is 3. The van der Waals surface area contributed by atoms with Crippen LogP contribution in [0.2, 0.25) is 0 Å². The van der Waals surface area contributed by atoms with Gasteiger partial charge >= 0.3 is 0 Å². The molecule has 0 spiro atoms. The molecule has 0 aliphatic carbocycles. The molecular formula is C27H26N4O3S3. The minimum absolute atomic E-state index is 0.0145. The molecule has 1 heterocycles. The number of benzene rings is 3. The number of ether oxygens (including phenoxy) is 1. The van der Waals surface area contributed by atoms with Gasteiger partial charge in [-0.15, -0.1) is 11.8 Å². The Morgan fingerprint density at radius 1 is 1.03 bits per heavy atom. The summed E-state index contributed by atoms with van der Waals surface area (Å²) in [4.78, 5) is 29.7. The number of thiocarbonyl (C=S) groups is 1. The summed E-state index contributed by atoms with van der Waals surface area (Å²) in [6, 6.07) is 20.5. The number of carbonyl (C=O) groups is 2. The second-order valence-corrected chi connectivity index (χ2v) is 10.9. The van der Waals surface area contributed by atoms with Crippen LogP contribution in [0.25, 0.3) is 10.2 Å². The lowest BCUT2D eigenvalue weighted by molar-refractivity contribution is -0.115. The molecule has 0 aliphatic rings. The molecule has 37 heavy (non-hydrogen) atoms. The summed E-state index contributed by atoms with van der Waals surface area (Å²) in [5.41, 5.74) is 3.04. The molecule has 0 saturated heterocycles. The molecule has 4 aromatic rings. The zero-order valence-corrected chi connectivity index (χ0v) is 23.0. The standard InChI is InChI=1S/C27H26N4O3S3/c1-4-34-21-12-13-23-24(15-21)37-27(30-23)31-25(33)17(3)36-22-7-5-6-20(14-22)29-26(35)28-19-10-8-18(9-11-19)16(2)32/h5-15,17H,4H2,1-3H3,(H2,28,29,35)(H,30,31,33). The first kappa shape index (κ1) is 26.6. The summed E-state index contributed by atoms with van der Waals surface area (Å²) in [6.07, 6.45) is 0. The molecule has 4 rings (SSSR count). The van der Waals surface area contributed by atoms with Crippen molar-refractivity contribution in [3.05, 3.63) is 72.3 Å². The van der Waals surface area contributed by atoms with Crippen molar-refractivity contribution < 1.29 is 14.3 Å². The monoisotopic (exact) mass is 550 g/mol. The SMILES string of the molecule is CCOc1ccc2nc(NC(=O)C(C)Sc3cccc(NC(=S)Nc4ccc(C(C)=O)cc4)c3)sc2c1. The Balaban J connectivity index is 1.33. The summed E-state index contributed by atoms with van der Waals surface area (Å²) >= 11 is 8.29. The summed E-state index contributed by atoms with van der Waals surface area (Å²) in [7, 11) is 0. The van der Waals surface area contributed by atoms with Gasteiger partial charge in [0.25, 0.3) is 0 Å². The van der Waals surface area contributed by atoms with Gasteiger partial charge in [0.1, 0.15) is 5.75 Å². The number of hydrogen-bond donors (Lipinski definition) is 3. The average Bonchev–Trinajstić information content (AvgIpc) is 3.26. The minimum atomic E-state index is -0.342. The summed E-state index contributed by atoms with van der Waals surface area (Å²) in [5.74, 6) is 0.675. The molecule has 0 aliphatic heterocycles. The predicted molar refractivity (Wildman–Crippen MR) is 157 cm³/mol. The molecule has 1 atom stereocenters. The fourth-order valence-electron chi connectivity index (χ4n) is 3.41. The van der Waals surface area contributed by atoms with Crippen LogP contribution in [0.15, 0.2) is 71.6 Å². The molecule has 0 radical (unpaired) electrons. The van der Waals surface area contributed by atoms with E-state index in [1.807, 2.05) is 56.3 Å². The van der Waals surface area contributed by atoms with Gasteiger partial charge in [-0.2, -0.15) is 0 Å². The smallest absolute Gasteiger partial charge is 0.239 e. The number of thiazole rings is 1. The van der Waals surface area contributed by atoms with Gasteiger partial charge < -0.3 is 20.7 Å². The van der Waals surface area contributed by atoms with Crippen LogP contribution in [0.1, 0.15) is 31.1 Å². The van der Waals surface area contributed by atoms with E-state index in [1.165, 1.54) is 30.0 Å². The van der Waals surface area contributed by atoms with Crippen molar-refractivity contribution >= 4 is 78.8 Å². The Bertz CT molecular complexity index is 1440. The van der Waals surface area contributed by atoms with Gasteiger partial charge in [-0.3, -0.25) is 9.59 Å². The van der Waals surface area contributed by atoms with Crippen molar-refractivity contribution in [3.63, 3.8) is 0 Å². The van der Waals surface area contributed by atoms with Gasteiger partial charge in [0.05, 0.1) is 22.1 Å². The van der Waals surface area contributed by atoms with Crippen LogP contribution in [0.3, 0.4) is 0 Å². The van der Waals surface area contributed by atoms with E-state index in [1.54, 1.807) is 24.3 Å². The van der Waals surface area contributed by atoms with E-state index in [-0.39, 0.29) is 16.9 Å². The average molecular weight is 551 g/mol. The van der Waals surface area contributed by atoms with Gasteiger partial charge in [-0.25, -0.2) is 4.98 Å². The zero-order valence-electron chi connectivity index (χ0n) is 20.5. The largest absolute Gasteiger partial charge is 0.494 e. The number of thioether (sulfide) groups is 1. The van der Waals surface area contributed by atoms with Crippen LogP contribution < -0.4 is 20.7 Å². The highest BCUT2D eigenvalue weighted by atomic mass is 32.2. The van der Waals surface area contributed by atoms with Crippen LogP contribution in [0.5, 0.6) is 5.75 Å². The first-order chi connectivity index (χ1) is 17.8. The highest BCUT2D eigenvalue weighted by molar-refractivity contribution is 8.00. The number of nitrogens with one attached hydrogen (secondary N) is 3. The van der Waals surface area contributed by atoms with Crippen LogP contribution >= 0.6 is 35.3 Å². The van der Waals surface area contributed by atoms with Crippen molar-refractivity contribution in [2.24, 2.45) is 0 Å². The number of ketones is 1. The third-order valence-corrected chi connectivity index (χ3v) is 7.46. The van der Waals surface area contributed by atoms with E-state index in [2.05, 4.69) is 20.9 Å². The third-order valence-electron chi connectivity index (χ3n) is 5.22. The van der Waals surface area contributed by atoms with Crippen molar-refractivity contribution in [2.45, 2.75) is 30.9 Å². The van der Waals surface area contributed by atoms with Crippen molar-refractivity contribution in [1.29, 1.82) is 0 Å². The Kier molecular flexibility index (Phi) is 8.75. The van der Waals surface area contributed by atoms with E-state index < -0.39 is 0 Å².